The highest BCUT2D eigenvalue weighted by Crippen LogP contribution is 2.28. The number of nitrogens with one attached hydrogen (secondary N) is 2. The molecule has 1 fully saturated rings. The first-order valence-corrected chi connectivity index (χ1v) is 13.8. The Bertz CT molecular complexity index is 1430. The lowest BCUT2D eigenvalue weighted by Gasteiger charge is -2.33. The average molecular weight is 543 g/mol. The highest BCUT2D eigenvalue weighted by molar-refractivity contribution is 5.94. The van der Waals surface area contributed by atoms with Gasteiger partial charge in [-0.15, -0.1) is 0 Å². The van der Waals surface area contributed by atoms with E-state index in [2.05, 4.69) is 34.9 Å². The van der Waals surface area contributed by atoms with Gasteiger partial charge in [0, 0.05) is 37.0 Å². The van der Waals surface area contributed by atoms with Crippen LogP contribution in [0.15, 0.2) is 84.9 Å². The molecule has 3 N–H and O–H groups in total. The Morgan fingerprint density at radius 1 is 0.975 bits per heavy atom. The van der Waals surface area contributed by atoms with Crippen LogP contribution < -0.4 is 15.4 Å². The Kier molecular flexibility index (Phi) is 9.39. The predicted molar refractivity (Wildman–Crippen MR) is 154 cm³/mol. The van der Waals surface area contributed by atoms with E-state index in [1.165, 1.54) is 17.2 Å². The predicted octanol–water partition coefficient (Wildman–Crippen LogP) is 5.90. The largest absolute Gasteiger partial charge is 0.494 e. The van der Waals surface area contributed by atoms with Crippen molar-refractivity contribution in [3.8, 4) is 5.75 Å². The van der Waals surface area contributed by atoms with Crippen LogP contribution in [0.5, 0.6) is 5.75 Å². The number of carbonyl (C=O) groups is 1. The Morgan fingerprint density at radius 3 is 2.60 bits per heavy atom. The Morgan fingerprint density at radius 2 is 1.77 bits per heavy atom. The summed E-state index contributed by atoms with van der Waals surface area (Å²) in [6, 6.07) is 26.7. The van der Waals surface area contributed by atoms with Gasteiger partial charge in [-0.25, -0.2) is 9.18 Å². The minimum absolute atomic E-state index is 0.240. The Balaban J connectivity index is 1.10. The quantitative estimate of drug-likeness (QED) is 0.194. The monoisotopic (exact) mass is 542 g/mol. The molecule has 0 spiro atoms. The number of halogens is 1. The highest BCUT2D eigenvalue weighted by Gasteiger charge is 2.26. The molecule has 0 aromatic heterocycles. The van der Waals surface area contributed by atoms with E-state index in [4.69, 9.17) is 9.47 Å². The molecule has 208 valence electrons. The number of carboxylic acids is 1. The van der Waals surface area contributed by atoms with Gasteiger partial charge in [-0.3, -0.25) is 0 Å². The topological polar surface area (TPSA) is 79.8 Å². The summed E-state index contributed by atoms with van der Waals surface area (Å²) in [5, 5.41) is 18.4. The zero-order valence-electron chi connectivity index (χ0n) is 22.4. The van der Waals surface area contributed by atoms with Gasteiger partial charge >= 0.3 is 5.97 Å². The van der Waals surface area contributed by atoms with Crippen molar-refractivity contribution >= 4 is 16.7 Å². The first kappa shape index (κ1) is 27.8. The summed E-state index contributed by atoms with van der Waals surface area (Å²) in [6.45, 7) is 3.93. The molecule has 1 aliphatic rings. The van der Waals surface area contributed by atoms with Gasteiger partial charge in [0.25, 0.3) is 0 Å². The molecule has 0 saturated carbocycles. The molecule has 2 atom stereocenters. The molecular weight excluding hydrogens is 507 g/mol. The molecule has 4 aromatic carbocycles. The van der Waals surface area contributed by atoms with Gasteiger partial charge in [0.1, 0.15) is 11.6 Å². The molecule has 6 nitrogen and oxygen atoms in total. The second-order valence-electron chi connectivity index (χ2n) is 10.2. The number of ether oxygens (including phenoxy) is 2. The van der Waals surface area contributed by atoms with Crippen LogP contribution >= 0.6 is 0 Å². The Hall–Kier alpha value is -3.78. The van der Waals surface area contributed by atoms with Gasteiger partial charge in [-0.2, -0.15) is 0 Å². The van der Waals surface area contributed by atoms with Crippen LogP contribution in [0.25, 0.3) is 10.8 Å². The fourth-order valence-electron chi connectivity index (χ4n) is 5.22. The molecule has 0 aliphatic carbocycles. The standard InChI is InChI=1S/C33H35FN2O4/c34-31-5-2-1-4-28(31)22-39-16-3-17-40-29-12-10-24(11-13-29)30-14-15-35-21-32(30)36-20-23-6-7-26-19-27(33(37)38)9-8-25(26)18-23/h1-2,4-13,18-19,30,32,35-36H,3,14-17,20-22H2,(H,37,38). The van der Waals surface area contributed by atoms with Gasteiger partial charge in [-0.05, 0) is 71.3 Å². The number of carboxylic acid groups (broad SMARTS) is 1. The third kappa shape index (κ3) is 7.24. The SMILES string of the molecule is O=C(O)c1ccc2cc(CNC3CNCCC3c3ccc(OCCCOCc4ccccc4F)cc3)ccc2c1. The molecule has 7 heteroatoms. The first-order valence-electron chi connectivity index (χ1n) is 13.8. The normalized spacial score (nSPS) is 17.1. The number of rotatable bonds is 12. The van der Waals surface area contributed by atoms with E-state index in [0.717, 1.165) is 49.0 Å². The summed E-state index contributed by atoms with van der Waals surface area (Å²) in [4.78, 5) is 11.2. The van der Waals surface area contributed by atoms with Gasteiger partial charge in [0.15, 0.2) is 0 Å². The molecular formula is C33H35FN2O4. The van der Waals surface area contributed by atoms with Crippen molar-refractivity contribution in [2.24, 2.45) is 0 Å². The third-order valence-corrected chi connectivity index (χ3v) is 7.43. The van der Waals surface area contributed by atoms with Crippen LogP contribution in [0.4, 0.5) is 4.39 Å². The lowest BCUT2D eigenvalue weighted by atomic mass is 9.86. The average Bonchev–Trinajstić information content (AvgIpc) is 2.99. The molecule has 40 heavy (non-hydrogen) atoms. The van der Waals surface area contributed by atoms with Crippen molar-refractivity contribution in [3.05, 3.63) is 113 Å². The van der Waals surface area contributed by atoms with E-state index < -0.39 is 5.97 Å². The summed E-state index contributed by atoms with van der Waals surface area (Å²) < 4.78 is 25.1. The van der Waals surface area contributed by atoms with Crippen molar-refractivity contribution < 1.29 is 23.8 Å². The van der Waals surface area contributed by atoms with Gasteiger partial charge in [-0.1, -0.05) is 48.5 Å². The van der Waals surface area contributed by atoms with Gasteiger partial charge in [0.05, 0.1) is 25.4 Å². The van der Waals surface area contributed by atoms with E-state index in [-0.39, 0.29) is 18.5 Å². The molecule has 0 bridgehead atoms. The lowest BCUT2D eigenvalue weighted by molar-refractivity contribution is 0.0697. The Labute approximate surface area is 234 Å². The number of hydrogen-bond donors (Lipinski definition) is 3. The van der Waals surface area contributed by atoms with Crippen LogP contribution in [0.3, 0.4) is 0 Å². The minimum atomic E-state index is -0.911. The van der Waals surface area contributed by atoms with Crippen molar-refractivity contribution in [3.63, 3.8) is 0 Å². The molecule has 1 heterocycles. The maximum atomic E-state index is 13.7. The summed E-state index contributed by atoms with van der Waals surface area (Å²) >= 11 is 0. The minimum Gasteiger partial charge on any atom is -0.494 e. The van der Waals surface area contributed by atoms with Crippen LogP contribution in [0, 0.1) is 5.82 Å². The lowest BCUT2D eigenvalue weighted by Crippen LogP contribution is -2.47. The molecule has 5 rings (SSSR count). The summed E-state index contributed by atoms with van der Waals surface area (Å²) in [5.41, 5.74) is 3.33. The number of piperidine rings is 1. The fourth-order valence-corrected chi connectivity index (χ4v) is 5.22. The van der Waals surface area contributed by atoms with Crippen molar-refractivity contribution in [1.82, 2.24) is 10.6 Å². The van der Waals surface area contributed by atoms with E-state index in [1.54, 1.807) is 24.3 Å². The fraction of sp³-hybridized carbons (Fsp3) is 0.303. The van der Waals surface area contributed by atoms with Crippen LogP contribution in [0.2, 0.25) is 0 Å². The maximum absolute atomic E-state index is 13.7. The van der Waals surface area contributed by atoms with Gasteiger partial charge < -0.3 is 25.2 Å². The first-order chi connectivity index (χ1) is 19.6. The summed E-state index contributed by atoms with van der Waals surface area (Å²) in [6.07, 6.45) is 1.78. The molecule has 1 aliphatic heterocycles. The number of fused-ring (bicyclic) bond motifs is 1. The van der Waals surface area contributed by atoms with Gasteiger partial charge in [0.2, 0.25) is 0 Å². The summed E-state index contributed by atoms with van der Waals surface area (Å²) in [7, 11) is 0. The second kappa shape index (κ2) is 13.5. The second-order valence-corrected chi connectivity index (χ2v) is 10.2. The zero-order chi connectivity index (χ0) is 27.7. The molecule has 2 unspecified atom stereocenters. The third-order valence-electron chi connectivity index (χ3n) is 7.43. The summed E-state index contributed by atoms with van der Waals surface area (Å²) in [5.74, 6) is 0.0709. The van der Waals surface area contributed by atoms with Crippen molar-refractivity contribution in [2.75, 3.05) is 26.3 Å². The molecule has 0 radical (unpaired) electrons. The number of hydrogen-bond acceptors (Lipinski definition) is 5. The van der Waals surface area contributed by atoms with E-state index in [1.807, 2.05) is 30.3 Å². The maximum Gasteiger partial charge on any atom is 0.335 e. The van der Waals surface area contributed by atoms with E-state index in [0.29, 0.717) is 30.3 Å². The van der Waals surface area contributed by atoms with Crippen LogP contribution in [-0.2, 0) is 17.9 Å². The van der Waals surface area contributed by atoms with Crippen molar-refractivity contribution in [2.45, 2.75) is 38.0 Å². The van der Waals surface area contributed by atoms with Crippen LogP contribution in [-0.4, -0.2) is 43.4 Å². The van der Waals surface area contributed by atoms with E-state index >= 15 is 0 Å². The zero-order valence-corrected chi connectivity index (χ0v) is 22.4. The number of aromatic carboxylic acids is 1. The molecule has 1 saturated heterocycles. The number of benzene rings is 4. The highest BCUT2D eigenvalue weighted by atomic mass is 19.1. The molecule has 0 amide bonds. The van der Waals surface area contributed by atoms with Crippen LogP contribution in [0.1, 0.15) is 45.8 Å². The smallest absolute Gasteiger partial charge is 0.335 e. The van der Waals surface area contributed by atoms with Crippen molar-refractivity contribution in [1.29, 1.82) is 0 Å². The molecule has 4 aromatic rings. The van der Waals surface area contributed by atoms with E-state index in [9.17, 15) is 14.3 Å².